The van der Waals surface area contributed by atoms with Crippen LogP contribution in [0.2, 0.25) is 0 Å². The van der Waals surface area contributed by atoms with Crippen molar-refractivity contribution in [2.75, 3.05) is 0 Å². The van der Waals surface area contributed by atoms with Gasteiger partial charge in [0.2, 0.25) is 0 Å². The fourth-order valence-electron chi connectivity index (χ4n) is 0. The molecule has 0 fully saturated rings. The van der Waals surface area contributed by atoms with Crippen molar-refractivity contribution < 1.29 is 38.5 Å². The first-order valence-corrected chi connectivity index (χ1v) is 4.38. The molecule has 0 saturated carbocycles. The molecular formula is H3Ca3NO8P2. The van der Waals surface area contributed by atoms with E-state index in [0.29, 0.717) is 0 Å². The van der Waals surface area contributed by atoms with E-state index >= 15 is 0 Å². The van der Waals surface area contributed by atoms with Crippen molar-refractivity contribution >= 4 is 129 Å². The molecule has 0 aromatic heterocycles. The monoisotopic (exact) mass is 327 g/mol. The van der Waals surface area contributed by atoms with Crippen LogP contribution < -0.4 is 35.5 Å². The standard InChI is InChI=1S/3Ca.H3N.2H3O4P/c;;;;2*1-5(2,3)4/h;;;1H3;2*(H3,1,2,3,4)/q3*+2;;;/p-6. The van der Waals surface area contributed by atoms with Crippen molar-refractivity contribution in [1.82, 2.24) is 6.15 Å². The molecule has 9 nitrogen and oxygen atoms in total. The van der Waals surface area contributed by atoms with Crippen LogP contribution in [0.4, 0.5) is 0 Å². The first-order chi connectivity index (χ1) is 4.00. The van der Waals surface area contributed by atoms with Crippen molar-refractivity contribution in [3.8, 4) is 0 Å². The van der Waals surface area contributed by atoms with E-state index in [4.69, 9.17) is 38.5 Å². The third-order valence-electron chi connectivity index (χ3n) is 0. The minimum atomic E-state index is -5.39. The zero-order valence-corrected chi connectivity index (χ0v) is 15.4. The molecule has 0 aromatic carbocycles. The van der Waals surface area contributed by atoms with Gasteiger partial charge in [0, 0.05) is 0 Å². The van der Waals surface area contributed by atoms with E-state index in [-0.39, 0.29) is 119 Å². The summed E-state index contributed by atoms with van der Waals surface area (Å²) in [5.74, 6) is 0. The average molecular weight is 327 g/mol. The Morgan fingerprint density at radius 3 is 0.571 bits per heavy atom. The topological polar surface area (TPSA) is 208 Å². The predicted octanol–water partition coefficient (Wildman–Crippen LogP) is -6.63. The Balaban J connectivity index is -0.0000000178. The maximum atomic E-state index is 8.55. The minimum absolute atomic E-state index is 0. The molecule has 0 rings (SSSR count). The summed E-state index contributed by atoms with van der Waals surface area (Å²) in [5.41, 5.74) is 0. The van der Waals surface area contributed by atoms with Crippen molar-refractivity contribution in [2.24, 2.45) is 0 Å². The molecule has 0 bridgehead atoms. The summed E-state index contributed by atoms with van der Waals surface area (Å²) in [6.45, 7) is 0. The van der Waals surface area contributed by atoms with Gasteiger partial charge < -0.3 is 44.6 Å². The smallest absolute Gasteiger partial charge is 0.822 e. The van der Waals surface area contributed by atoms with Gasteiger partial charge in [-0.25, -0.2) is 0 Å². The quantitative estimate of drug-likeness (QED) is 0.330. The molecule has 0 atom stereocenters. The van der Waals surface area contributed by atoms with Crippen molar-refractivity contribution in [3.63, 3.8) is 0 Å². The largest absolute Gasteiger partial charge is 2.00 e. The molecule has 0 aliphatic carbocycles. The zero-order valence-electron chi connectivity index (χ0n) is 6.99. The van der Waals surface area contributed by atoms with Crippen molar-refractivity contribution in [2.45, 2.75) is 0 Å². The van der Waals surface area contributed by atoms with E-state index in [0.717, 1.165) is 0 Å². The molecule has 0 unspecified atom stereocenters. The van der Waals surface area contributed by atoms with Crippen LogP contribution in [-0.2, 0) is 9.13 Å². The van der Waals surface area contributed by atoms with Crippen LogP contribution in [0.15, 0.2) is 0 Å². The summed E-state index contributed by atoms with van der Waals surface area (Å²) in [6, 6.07) is 0. The number of hydrogen-bond donors (Lipinski definition) is 1. The Kier molecular flexibility index (Phi) is 43.7. The third kappa shape index (κ3) is 228. The first-order valence-electron chi connectivity index (χ1n) is 1.46. The van der Waals surface area contributed by atoms with Crippen LogP contribution in [0.5, 0.6) is 0 Å². The molecule has 3 N–H and O–H groups in total. The van der Waals surface area contributed by atoms with Gasteiger partial charge in [-0.15, -0.1) is 0 Å². The minimum Gasteiger partial charge on any atom is -0.822 e. The summed E-state index contributed by atoms with van der Waals surface area (Å²) in [5, 5.41) is 0. The second-order valence-corrected chi connectivity index (χ2v) is 2.68. The van der Waals surface area contributed by atoms with Gasteiger partial charge in [-0.05, 0) is 0 Å². The van der Waals surface area contributed by atoms with Gasteiger partial charge in [0.05, 0.1) is 0 Å². The van der Waals surface area contributed by atoms with Gasteiger partial charge in [-0.1, -0.05) is 0 Å². The van der Waals surface area contributed by atoms with Gasteiger partial charge in [0.1, 0.15) is 0 Å². The first kappa shape index (κ1) is 36.1. The second-order valence-electron chi connectivity index (χ2n) is 0.894. The Labute approximate surface area is 170 Å². The van der Waals surface area contributed by atoms with Gasteiger partial charge >= 0.3 is 113 Å². The zero-order chi connectivity index (χ0) is 9.00. The van der Waals surface area contributed by atoms with Gasteiger partial charge in [0.25, 0.3) is 0 Å². The van der Waals surface area contributed by atoms with Crippen LogP contribution in [-0.4, -0.2) is 113 Å². The maximum absolute atomic E-state index is 8.55. The van der Waals surface area contributed by atoms with Crippen LogP contribution in [0, 0.1) is 0 Å². The summed E-state index contributed by atoms with van der Waals surface area (Å²) in [4.78, 5) is 51.3. The Morgan fingerprint density at radius 1 is 0.571 bits per heavy atom. The molecule has 72 valence electrons. The molecule has 14 heavy (non-hydrogen) atoms. The number of rotatable bonds is 0. The molecule has 0 aliphatic heterocycles. The molecule has 0 saturated heterocycles. The van der Waals surface area contributed by atoms with Gasteiger partial charge in [0.15, 0.2) is 0 Å². The molecule has 0 radical (unpaired) electrons. The Hall–Kier alpha value is 3.96. The second kappa shape index (κ2) is 17.0. The summed E-state index contributed by atoms with van der Waals surface area (Å²) >= 11 is 0. The summed E-state index contributed by atoms with van der Waals surface area (Å²) in [7, 11) is -10.8. The molecule has 0 amide bonds. The maximum Gasteiger partial charge on any atom is 2.00 e. The van der Waals surface area contributed by atoms with Crippen molar-refractivity contribution in [1.29, 1.82) is 0 Å². The van der Waals surface area contributed by atoms with Crippen LogP contribution >= 0.6 is 15.6 Å². The molecule has 0 aromatic rings. The predicted molar refractivity (Wildman–Crippen MR) is 37.5 cm³/mol. The van der Waals surface area contributed by atoms with Gasteiger partial charge in [-0.2, -0.15) is 15.6 Å². The van der Waals surface area contributed by atoms with E-state index in [1.54, 1.807) is 0 Å². The fourth-order valence-corrected chi connectivity index (χ4v) is 0. The van der Waals surface area contributed by atoms with Crippen LogP contribution in [0.3, 0.4) is 0 Å². The van der Waals surface area contributed by atoms with E-state index in [2.05, 4.69) is 0 Å². The van der Waals surface area contributed by atoms with E-state index < -0.39 is 15.6 Å². The summed E-state index contributed by atoms with van der Waals surface area (Å²) < 4.78 is 17.1. The molecule has 0 aliphatic rings. The molecule has 14 heteroatoms. The Bertz CT molecular complexity index is 135. The van der Waals surface area contributed by atoms with Gasteiger partial charge in [-0.3, -0.25) is 0 Å². The summed E-state index contributed by atoms with van der Waals surface area (Å²) in [6.07, 6.45) is 0. The van der Waals surface area contributed by atoms with Crippen molar-refractivity contribution in [3.05, 3.63) is 0 Å². The number of phosphoric acid groups is 2. The van der Waals surface area contributed by atoms with E-state index in [1.165, 1.54) is 0 Å². The molecule has 0 heterocycles. The SMILES string of the molecule is N.O=P([O-])([O-])[O-].O=P([O-])([O-])[O-].[Ca+2].[Ca+2].[Ca+2]. The van der Waals surface area contributed by atoms with E-state index in [9.17, 15) is 0 Å². The average Bonchev–Trinajstić information content (AvgIpc) is 1.12. The number of hydrogen-bond acceptors (Lipinski definition) is 9. The Morgan fingerprint density at radius 2 is 0.571 bits per heavy atom. The fraction of sp³-hybridized carbons (Fsp3) is 0. The molecule has 0 spiro atoms. The third-order valence-corrected chi connectivity index (χ3v) is 0. The molecular weight excluding hydrogens is 324 g/mol. The normalized spacial score (nSPS) is 8.43. The van der Waals surface area contributed by atoms with Crippen LogP contribution in [0.1, 0.15) is 0 Å². The van der Waals surface area contributed by atoms with Crippen LogP contribution in [0.25, 0.3) is 0 Å². The van der Waals surface area contributed by atoms with E-state index in [1.807, 2.05) is 0 Å².